The summed E-state index contributed by atoms with van der Waals surface area (Å²) in [5, 5.41) is 2.64. The lowest BCUT2D eigenvalue weighted by molar-refractivity contribution is -0.178. The second-order valence-corrected chi connectivity index (χ2v) is 9.58. The molecule has 0 aliphatic carbocycles. The first-order chi connectivity index (χ1) is 16.6. The summed E-state index contributed by atoms with van der Waals surface area (Å²) in [6, 6.07) is 7.29. The van der Waals surface area contributed by atoms with Crippen molar-refractivity contribution in [2.24, 2.45) is 17.8 Å². The lowest BCUT2D eigenvalue weighted by Gasteiger charge is -2.34. The van der Waals surface area contributed by atoms with Crippen LogP contribution in [-0.4, -0.2) is 48.7 Å². The Kier molecular flexibility index (Phi) is 11.2. The Bertz CT molecular complexity index is 854. The molecule has 1 aromatic carbocycles. The number of rotatable bonds is 9. The summed E-state index contributed by atoms with van der Waals surface area (Å²) in [5.74, 6) is -3.65. The molecule has 0 spiro atoms. The predicted octanol–water partition coefficient (Wildman–Crippen LogP) is 4.06. The van der Waals surface area contributed by atoms with Gasteiger partial charge in [0.05, 0.1) is 18.4 Å². The molecule has 1 amide bonds. The topological polar surface area (TPSA) is 108 Å². The number of nitrogens with one attached hydrogen (secondary N) is 1. The molecule has 1 aromatic rings. The number of benzene rings is 1. The summed E-state index contributed by atoms with van der Waals surface area (Å²) >= 11 is 0. The molecule has 1 saturated heterocycles. The highest BCUT2D eigenvalue weighted by atomic mass is 16.6. The average molecular weight is 490 g/mol. The molecule has 1 heterocycles. The molecule has 1 fully saturated rings. The van der Waals surface area contributed by atoms with E-state index in [1.807, 2.05) is 0 Å². The highest BCUT2D eigenvalue weighted by molar-refractivity contribution is 5.97. The maximum absolute atomic E-state index is 13.3. The van der Waals surface area contributed by atoms with Gasteiger partial charge in [-0.25, -0.2) is 4.79 Å². The highest BCUT2D eigenvalue weighted by Crippen LogP contribution is 2.28. The normalized spacial score (nSPS) is 25.4. The van der Waals surface area contributed by atoms with E-state index in [0.717, 1.165) is 25.7 Å². The summed E-state index contributed by atoms with van der Waals surface area (Å²) in [4.78, 5) is 51.4. The lowest BCUT2D eigenvalue weighted by Crippen LogP contribution is -2.52. The van der Waals surface area contributed by atoms with E-state index >= 15 is 0 Å². The molecule has 35 heavy (non-hydrogen) atoms. The van der Waals surface area contributed by atoms with Gasteiger partial charge in [0.2, 0.25) is 0 Å². The van der Waals surface area contributed by atoms with Crippen molar-refractivity contribution in [2.45, 2.75) is 85.0 Å². The predicted molar refractivity (Wildman–Crippen MR) is 130 cm³/mol. The van der Waals surface area contributed by atoms with Gasteiger partial charge >= 0.3 is 17.9 Å². The molecular formula is C27H39NO7. The summed E-state index contributed by atoms with van der Waals surface area (Å²) in [6.07, 6.45) is 2.53. The van der Waals surface area contributed by atoms with Crippen LogP contribution in [0.5, 0.6) is 0 Å². The van der Waals surface area contributed by atoms with Gasteiger partial charge in [-0.05, 0) is 25.5 Å². The van der Waals surface area contributed by atoms with Gasteiger partial charge in [0.15, 0.2) is 6.04 Å². The maximum Gasteiger partial charge on any atom is 0.332 e. The molecule has 0 radical (unpaired) electrons. The number of cyclic esters (lactones) is 2. The third kappa shape index (κ3) is 8.37. The Balaban J connectivity index is 2.27. The van der Waals surface area contributed by atoms with Crippen LogP contribution in [0.1, 0.15) is 77.1 Å². The van der Waals surface area contributed by atoms with E-state index < -0.39 is 53.9 Å². The van der Waals surface area contributed by atoms with E-state index in [9.17, 15) is 19.2 Å². The van der Waals surface area contributed by atoms with Crippen molar-refractivity contribution in [3.63, 3.8) is 0 Å². The molecule has 2 rings (SSSR count). The van der Waals surface area contributed by atoms with Crippen molar-refractivity contribution in [2.75, 3.05) is 6.61 Å². The number of hydrogen-bond donors (Lipinski definition) is 1. The first-order valence-electron chi connectivity index (χ1n) is 12.6. The van der Waals surface area contributed by atoms with Crippen molar-refractivity contribution in [1.29, 1.82) is 0 Å². The minimum absolute atomic E-state index is 0.0575. The maximum atomic E-state index is 13.3. The smallest absolute Gasteiger partial charge is 0.332 e. The fourth-order valence-electron chi connectivity index (χ4n) is 3.99. The third-order valence-corrected chi connectivity index (χ3v) is 6.19. The molecule has 5 atom stereocenters. The van der Waals surface area contributed by atoms with E-state index in [0.29, 0.717) is 12.0 Å². The molecule has 8 nitrogen and oxygen atoms in total. The van der Waals surface area contributed by atoms with Gasteiger partial charge < -0.3 is 19.5 Å². The van der Waals surface area contributed by atoms with Crippen LogP contribution < -0.4 is 5.32 Å². The van der Waals surface area contributed by atoms with E-state index in [1.54, 1.807) is 58.0 Å². The van der Waals surface area contributed by atoms with Crippen LogP contribution in [0.2, 0.25) is 0 Å². The van der Waals surface area contributed by atoms with E-state index in [4.69, 9.17) is 14.2 Å². The molecule has 0 bridgehead atoms. The summed E-state index contributed by atoms with van der Waals surface area (Å²) in [6.45, 7) is 8.82. The van der Waals surface area contributed by atoms with Crippen LogP contribution in [0.3, 0.4) is 0 Å². The van der Waals surface area contributed by atoms with Crippen molar-refractivity contribution >= 4 is 23.8 Å². The molecule has 0 aromatic heterocycles. The Hall–Kier alpha value is -2.90. The Labute approximate surface area is 208 Å². The van der Waals surface area contributed by atoms with Gasteiger partial charge in [-0.2, -0.15) is 0 Å². The van der Waals surface area contributed by atoms with Crippen molar-refractivity contribution in [3.05, 3.63) is 35.9 Å². The van der Waals surface area contributed by atoms with Crippen LogP contribution in [0.25, 0.3) is 0 Å². The first-order valence-corrected chi connectivity index (χ1v) is 12.6. The molecule has 1 aliphatic rings. The van der Waals surface area contributed by atoms with Crippen LogP contribution in [0.15, 0.2) is 30.3 Å². The third-order valence-electron chi connectivity index (χ3n) is 6.19. The van der Waals surface area contributed by atoms with Crippen LogP contribution in [0.4, 0.5) is 0 Å². The number of carbonyl (C=O) groups excluding carboxylic acids is 4. The zero-order valence-electron chi connectivity index (χ0n) is 21.5. The zero-order chi connectivity index (χ0) is 26.0. The highest BCUT2D eigenvalue weighted by Gasteiger charge is 2.41. The molecule has 0 saturated carbocycles. The SMILES string of the molecule is CCCCCC[C@H]1C(=O)O[C@H](C)[C@H](NC(=O)c2ccccc2)C(=O)OC[C@@H](C)[C@@H]1OC(=O)C(C)C. The zero-order valence-corrected chi connectivity index (χ0v) is 21.5. The van der Waals surface area contributed by atoms with Crippen molar-refractivity contribution in [3.8, 4) is 0 Å². The van der Waals surface area contributed by atoms with Gasteiger partial charge in [0.25, 0.3) is 5.91 Å². The fourth-order valence-corrected chi connectivity index (χ4v) is 3.99. The number of amides is 1. The number of hydrogen-bond acceptors (Lipinski definition) is 7. The Morgan fingerprint density at radius 1 is 1.06 bits per heavy atom. The quantitative estimate of drug-likeness (QED) is 0.316. The average Bonchev–Trinajstić information content (AvgIpc) is 2.84. The largest absolute Gasteiger partial charge is 0.464 e. The molecule has 8 heteroatoms. The van der Waals surface area contributed by atoms with E-state index in [1.165, 1.54) is 0 Å². The second-order valence-electron chi connectivity index (χ2n) is 9.58. The minimum Gasteiger partial charge on any atom is -0.464 e. The summed E-state index contributed by atoms with van der Waals surface area (Å²) in [7, 11) is 0. The lowest BCUT2D eigenvalue weighted by atomic mass is 9.87. The molecule has 0 unspecified atom stereocenters. The monoisotopic (exact) mass is 489 g/mol. The van der Waals surface area contributed by atoms with Gasteiger partial charge in [-0.15, -0.1) is 0 Å². The molecular weight excluding hydrogens is 450 g/mol. The molecule has 1 N–H and O–H groups in total. The summed E-state index contributed by atoms with van der Waals surface area (Å²) in [5.41, 5.74) is 0.374. The number of ether oxygens (including phenoxy) is 3. The van der Waals surface area contributed by atoms with Gasteiger partial charge in [0.1, 0.15) is 12.2 Å². The molecule has 1 aliphatic heterocycles. The second kappa shape index (κ2) is 13.9. The van der Waals surface area contributed by atoms with Crippen LogP contribution >= 0.6 is 0 Å². The Morgan fingerprint density at radius 3 is 2.37 bits per heavy atom. The van der Waals surface area contributed by atoms with E-state index in [2.05, 4.69) is 12.2 Å². The van der Waals surface area contributed by atoms with Crippen LogP contribution in [0, 0.1) is 17.8 Å². The molecule has 194 valence electrons. The van der Waals surface area contributed by atoms with Crippen molar-refractivity contribution < 1.29 is 33.4 Å². The number of carbonyl (C=O) groups is 4. The summed E-state index contributed by atoms with van der Waals surface area (Å²) < 4.78 is 17.0. The standard InChI is InChI=1S/C27H39NO7/c1-6-7-8-12-15-21-23(35-25(30)17(2)3)18(4)16-33-27(32)22(19(5)34-26(21)31)28-24(29)20-13-10-9-11-14-20/h9-11,13-14,17-19,21-23H,6-8,12,15-16H2,1-5H3,(H,28,29)/t18-,19-,21-,22+,23+/m1/s1. The number of esters is 3. The first kappa shape index (κ1) is 28.3. The van der Waals surface area contributed by atoms with Gasteiger partial charge in [-0.1, -0.05) is 71.6 Å². The van der Waals surface area contributed by atoms with Gasteiger partial charge in [0, 0.05) is 11.5 Å². The van der Waals surface area contributed by atoms with E-state index in [-0.39, 0.29) is 12.5 Å². The Morgan fingerprint density at radius 2 is 1.74 bits per heavy atom. The number of unbranched alkanes of at least 4 members (excludes halogenated alkanes) is 3. The van der Waals surface area contributed by atoms with Crippen molar-refractivity contribution in [1.82, 2.24) is 5.32 Å². The fraction of sp³-hybridized carbons (Fsp3) is 0.630. The van der Waals surface area contributed by atoms with Crippen LogP contribution in [-0.2, 0) is 28.6 Å². The van der Waals surface area contributed by atoms with Gasteiger partial charge in [-0.3, -0.25) is 14.4 Å². The minimum atomic E-state index is -1.17.